The Morgan fingerprint density at radius 3 is 2.50 bits per heavy atom. The van der Waals surface area contributed by atoms with Gasteiger partial charge in [-0.1, -0.05) is 35.3 Å². The highest BCUT2D eigenvalue weighted by molar-refractivity contribution is 7.92. The van der Waals surface area contributed by atoms with Crippen LogP contribution in [-0.4, -0.2) is 34.1 Å². The summed E-state index contributed by atoms with van der Waals surface area (Å²) >= 11 is 12.0. The number of amides is 1. The highest BCUT2D eigenvalue weighted by atomic mass is 35.5. The van der Waals surface area contributed by atoms with Crippen LogP contribution >= 0.6 is 23.2 Å². The van der Waals surface area contributed by atoms with Crippen molar-refractivity contribution in [1.82, 2.24) is 5.32 Å². The van der Waals surface area contributed by atoms with Gasteiger partial charge in [0.15, 0.2) is 11.5 Å². The van der Waals surface area contributed by atoms with E-state index in [1.54, 1.807) is 12.1 Å². The standard InChI is InChI=1S/C23H19Cl2FN2O5S/c24-16-5-4-15(20(25)10-16)13-27-23(29)14-28(18-3-1-2-17(26)11-18)34(30,31)19-6-7-21-22(12-19)33-9-8-32-21/h1-7,10-12H,8-9,13-14H2,(H,27,29). The summed E-state index contributed by atoms with van der Waals surface area (Å²) in [5.74, 6) is -0.571. The van der Waals surface area contributed by atoms with Crippen LogP contribution in [0.25, 0.3) is 0 Å². The SMILES string of the molecule is O=C(CN(c1cccc(F)c1)S(=O)(=O)c1ccc2c(c1)OCCO2)NCc1ccc(Cl)cc1Cl. The van der Waals surface area contributed by atoms with Crippen molar-refractivity contribution in [2.24, 2.45) is 0 Å². The van der Waals surface area contributed by atoms with Crippen LogP contribution in [0, 0.1) is 5.82 Å². The number of ether oxygens (including phenoxy) is 2. The quantitative estimate of drug-likeness (QED) is 0.494. The van der Waals surface area contributed by atoms with Crippen LogP contribution in [0.15, 0.2) is 65.6 Å². The molecule has 34 heavy (non-hydrogen) atoms. The molecule has 0 aromatic heterocycles. The molecule has 1 amide bonds. The van der Waals surface area contributed by atoms with Crippen LogP contribution in [0.3, 0.4) is 0 Å². The fraction of sp³-hybridized carbons (Fsp3) is 0.174. The first-order chi connectivity index (χ1) is 16.2. The van der Waals surface area contributed by atoms with E-state index < -0.39 is 28.3 Å². The number of anilines is 1. The average Bonchev–Trinajstić information content (AvgIpc) is 2.81. The summed E-state index contributed by atoms with van der Waals surface area (Å²) in [6.45, 7) is 0.0907. The van der Waals surface area contributed by atoms with E-state index in [4.69, 9.17) is 32.7 Å². The lowest BCUT2D eigenvalue weighted by atomic mass is 10.2. The molecule has 0 saturated carbocycles. The maximum Gasteiger partial charge on any atom is 0.264 e. The summed E-state index contributed by atoms with van der Waals surface area (Å²) in [6, 6.07) is 14.0. The number of carbonyl (C=O) groups is 1. The van der Waals surface area contributed by atoms with Gasteiger partial charge < -0.3 is 14.8 Å². The third kappa shape index (κ3) is 5.38. The van der Waals surface area contributed by atoms with Gasteiger partial charge in [-0.2, -0.15) is 0 Å². The van der Waals surface area contributed by atoms with Crippen molar-refractivity contribution in [1.29, 1.82) is 0 Å². The lowest BCUT2D eigenvalue weighted by molar-refractivity contribution is -0.119. The van der Waals surface area contributed by atoms with Crippen molar-refractivity contribution in [2.75, 3.05) is 24.1 Å². The molecule has 3 aromatic carbocycles. The van der Waals surface area contributed by atoms with Gasteiger partial charge in [0.1, 0.15) is 25.6 Å². The molecule has 0 bridgehead atoms. The minimum atomic E-state index is -4.27. The number of carbonyl (C=O) groups excluding carboxylic acids is 1. The number of nitrogens with zero attached hydrogens (tertiary/aromatic N) is 1. The van der Waals surface area contributed by atoms with Gasteiger partial charge in [0.25, 0.3) is 10.0 Å². The third-order valence-electron chi connectivity index (χ3n) is 4.98. The van der Waals surface area contributed by atoms with Gasteiger partial charge in [0.2, 0.25) is 5.91 Å². The topological polar surface area (TPSA) is 84.9 Å². The maximum atomic E-state index is 13.9. The predicted molar refractivity (Wildman–Crippen MR) is 127 cm³/mol. The molecule has 3 aromatic rings. The Kier molecular flexibility index (Phi) is 7.16. The Morgan fingerprint density at radius 2 is 1.76 bits per heavy atom. The Bertz CT molecular complexity index is 1340. The van der Waals surface area contributed by atoms with Crippen molar-refractivity contribution in [3.05, 3.63) is 82.1 Å². The summed E-state index contributed by atoms with van der Waals surface area (Å²) in [6.07, 6.45) is 0. The highest BCUT2D eigenvalue weighted by Crippen LogP contribution is 2.34. The van der Waals surface area contributed by atoms with Gasteiger partial charge in [-0.25, -0.2) is 12.8 Å². The van der Waals surface area contributed by atoms with Crippen LogP contribution in [0.5, 0.6) is 11.5 Å². The summed E-state index contributed by atoms with van der Waals surface area (Å²) in [4.78, 5) is 12.6. The second-order valence-electron chi connectivity index (χ2n) is 7.31. The number of rotatable bonds is 7. The Balaban J connectivity index is 1.61. The molecule has 0 saturated heterocycles. The zero-order valence-electron chi connectivity index (χ0n) is 17.6. The number of fused-ring (bicyclic) bond motifs is 1. The Hall–Kier alpha value is -3.01. The van der Waals surface area contributed by atoms with E-state index >= 15 is 0 Å². The van der Waals surface area contributed by atoms with E-state index in [9.17, 15) is 17.6 Å². The second kappa shape index (κ2) is 10.1. The van der Waals surface area contributed by atoms with Crippen LogP contribution in [0.1, 0.15) is 5.56 Å². The third-order valence-corrected chi connectivity index (χ3v) is 7.33. The lowest BCUT2D eigenvalue weighted by Crippen LogP contribution is -2.40. The van der Waals surface area contributed by atoms with Gasteiger partial charge in [-0.3, -0.25) is 9.10 Å². The zero-order chi connectivity index (χ0) is 24.3. The first-order valence-corrected chi connectivity index (χ1v) is 12.3. The largest absolute Gasteiger partial charge is 0.486 e. The van der Waals surface area contributed by atoms with Gasteiger partial charge >= 0.3 is 0 Å². The molecule has 1 N–H and O–H groups in total. The van der Waals surface area contributed by atoms with E-state index in [0.29, 0.717) is 28.0 Å². The Morgan fingerprint density at radius 1 is 1.00 bits per heavy atom. The minimum Gasteiger partial charge on any atom is -0.486 e. The molecular weight excluding hydrogens is 506 g/mol. The fourth-order valence-corrected chi connectivity index (χ4v) is 5.21. The van der Waals surface area contributed by atoms with Crippen LogP contribution in [0.4, 0.5) is 10.1 Å². The van der Waals surface area contributed by atoms with Crippen molar-refractivity contribution in [2.45, 2.75) is 11.4 Å². The van der Waals surface area contributed by atoms with Gasteiger partial charge in [-0.05, 0) is 48.0 Å². The highest BCUT2D eigenvalue weighted by Gasteiger charge is 2.29. The van der Waals surface area contributed by atoms with Gasteiger partial charge in [0.05, 0.1) is 10.6 Å². The molecule has 0 fully saturated rings. The number of hydrogen-bond donors (Lipinski definition) is 1. The molecule has 0 radical (unpaired) electrons. The van der Waals surface area contributed by atoms with Crippen molar-refractivity contribution in [3.63, 3.8) is 0 Å². The number of nitrogens with one attached hydrogen (secondary N) is 1. The van der Waals surface area contributed by atoms with Crippen molar-refractivity contribution >= 4 is 44.8 Å². The molecule has 0 aliphatic carbocycles. The normalized spacial score (nSPS) is 12.8. The van der Waals surface area contributed by atoms with E-state index in [-0.39, 0.29) is 29.5 Å². The first kappa shape index (κ1) is 24.1. The monoisotopic (exact) mass is 524 g/mol. The molecule has 1 aliphatic heterocycles. The van der Waals surface area contributed by atoms with Gasteiger partial charge in [0, 0.05) is 22.7 Å². The predicted octanol–water partition coefficient (Wildman–Crippen LogP) is 4.42. The van der Waals surface area contributed by atoms with E-state index in [0.717, 1.165) is 10.4 Å². The molecule has 178 valence electrons. The number of halogens is 3. The molecule has 0 unspecified atom stereocenters. The molecular formula is C23H19Cl2FN2O5S. The molecule has 1 aliphatic rings. The molecule has 1 heterocycles. The smallest absolute Gasteiger partial charge is 0.264 e. The molecule has 4 rings (SSSR count). The average molecular weight is 525 g/mol. The van der Waals surface area contributed by atoms with Crippen LogP contribution in [-0.2, 0) is 21.4 Å². The fourth-order valence-electron chi connectivity index (χ4n) is 3.30. The van der Waals surface area contributed by atoms with Crippen molar-refractivity contribution in [3.8, 4) is 11.5 Å². The summed E-state index contributed by atoms with van der Waals surface area (Å²) in [5.41, 5.74) is 0.598. The van der Waals surface area contributed by atoms with Crippen LogP contribution < -0.4 is 19.1 Å². The number of hydrogen-bond acceptors (Lipinski definition) is 5. The van der Waals surface area contributed by atoms with E-state index in [2.05, 4.69) is 5.32 Å². The molecule has 0 spiro atoms. The first-order valence-electron chi connectivity index (χ1n) is 10.1. The summed E-state index contributed by atoms with van der Waals surface area (Å²) < 4.78 is 52.7. The van der Waals surface area contributed by atoms with E-state index in [1.165, 1.54) is 42.5 Å². The van der Waals surface area contributed by atoms with E-state index in [1.807, 2.05) is 0 Å². The Labute approximate surface area is 206 Å². The summed E-state index contributed by atoms with van der Waals surface area (Å²) in [7, 11) is -4.27. The molecule has 0 atom stereocenters. The summed E-state index contributed by atoms with van der Waals surface area (Å²) in [5, 5.41) is 3.44. The second-order valence-corrected chi connectivity index (χ2v) is 10.0. The molecule has 11 heteroatoms. The zero-order valence-corrected chi connectivity index (χ0v) is 20.0. The van der Waals surface area contributed by atoms with Gasteiger partial charge in [-0.15, -0.1) is 0 Å². The van der Waals surface area contributed by atoms with Crippen LogP contribution in [0.2, 0.25) is 10.0 Å². The number of benzene rings is 3. The molecule has 7 nitrogen and oxygen atoms in total. The lowest BCUT2D eigenvalue weighted by Gasteiger charge is -2.25. The minimum absolute atomic E-state index is 0.00503. The maximum absolute atomic E-state index is 13.9. The number of sulfonamides is 1. The van der Waals surface area contributed by atoms with Crippen molar-refractivity contribution < 1.29 is 27.1 Å².